The molecule has 2 aliphatic heterocycles. The van der Waals surface area contributed by atoms with Gasteiger partial charge < -0.3 is 15.0 Å². The predicted octanol–water partition coefficient (Wildman–Crippen LogP) is 0.878. The minimum absolute atomic E-state index is 0.0506. The number of carbonyl (C=O) groups is 1. The molecule has 0 aliphatic carbocycles. The summed E-state index contributed by atoms with van der Waals surface area (Å²) in [6.45, 7) is 5.09. The Labute approximate surface area is 134 Å². The number of fused-ring (bicyclic) bond motifs is 1. The summed E-state index contributed by atoms with van der Waals surface area (Å²) < 4.78 is 5.28. The van der Waals surface area contributed by atoms with Crippen LogP contribution in [0, 0.1) is 11.3 Å². The van der Waals surface area contributed by atoms with Gasteiger partial charge >= 0.3 is 0 Å². The second-order valence-electron chi connectivity index (χ2n) is 5.74. The van der Waals surface area contributed by atoms with Crippen LogP contribution in [0.15, 0.2) is 0 Å². The van der Waals surface area contributed by atoms with Crippen LogP contribution in [-0.2, 0) is 22.5 Å². The molecule has 1 saturated heterocycles. The Morgan fingerprint density at radius 2 is 2.18 bits per heavy atom. The van der Waals surface area contributed by atoms with Crippen LogP contribution in [0.25, 0.3) is 0 Å². The number of rotatable bonds is 3. The van der Waals surface area contributed by atoms with Crippen molar-refractivity contribution in [2.45, 2.75) is 13.0 Å². The van der Waals surface area contributed by atoms with E-state index < -0.39 is 0 Å². The monoisotopic (exact) mass is 320 g/mol. The average Bonchev–Trinajstić information content (AvgIpc) is 2.84. The lowest BCUT2D eigenvalue weighted by atomic mass is 10.0. The SMILES string of the molecule is CN1CCc2c(sc(NC(=O)CN3CCOCC3)c2C#N)C1. The minimum atomic E-state index is -0.0506. The van der Waals surface area contributed by atoms with E-state index >= 15 is 0 Å². The van der Waals surface area contributed by atoms with Crippen LogP contribution in [0.5, 0.6) is 0 Å². The summed E-state index contributed by atoms with van der Waals surface area (Å²) in [6, 6.07) is 2.27. The van der Waals surface area contributed by atoms with Crippen molar-refractivity contribution in [1.29, 1.82) is 5.26 Å². The summed E-state index contributed by atoms with van der Waals surface area (Å²) in [5.41, 5.74) is 1.77. The molecule has 0 bridgehead atoms. The standard InChI is InChI=1S/C15H20N4O2S/c1-18-3-2-11-12(8-16)15(22-13(11)9-18)17-14(20)10-19-4-6-21-7-5-19/h2-7,9-10H2,1H3,(H,17,20). The highest BCUT2D eigenvalue weighted by Crippen LogP contribution is 2.36. The topological polar surface area (TPSA) is 68.6 Å². The largest absolute Gasteiger partial charge is 0.379 e. The second-order valence-corrected chi connectivity index (χ2v) is 6.85. The van der Waals surface area contributed by atoms with Crippen LogP contribution in [0.3, 0.4) is 0 Å². The van der Waals surface area contributed by atoms with Crippen molar-refractivity contribution in [3.8, 4) is 6.07 Å². The number of thiophene rings is 1. The Hall–Kier alpha value is -1.46. The summed E-state index contributed by atoms with van der Waals surface area (Å²) >= 11 is 1.54. The number of ether oxygens (including phenoxy) is 1. The number of carbonyl (C=O) groups excluding carboxylic acids is 1. The van der Waals surface area contributed by atoms with Gasteiger partial charge in [-0.05, 0) is 19.0 Å². The molecule has 0 atom stereocenters. The highest BCUT2D eigenvalue weighted by molar-refractivity contribution is 7.16. The maximum absolute atomic E-state index is 12.2. The van der Waals surface area contributed by atoms with Crippen molar-refractivity contribution < 1.29 is 9.53 Å². The maximum atomic E-state index is 12.2. The molecular weight excluding hydrogens is 300 g/mol. The molecule has 118 valence electrons. The van der Waals surface area contributed by atoms with Crippen LogP contribution in [0.2, 0.25) is 0 Å². The van der Waals surface area contributed by atoms with Gasteiger partial charge in [0.05, 0.1) is 25.3 Å². The summed E-state index contributed by atoms with van der Waals surface area (Å²) in [5.74, 6) is -0.0506. The van der Waals surface area contributed by atoms with Gasteiger partial charge in [0, 0.05) is 31.1 Å². The second kappa shape index (κ2) is 6.75. The predicted molar refractivity (Wildman–Crippen MR) is 85.0 cm³/mol. The molecule has 0 unspecified atom stereocenters. The van der Waals surface area contributed by atoms with Gasteiger partial charge in [-0.15, -0.1) is 11.3 Å². The Kier molecular flexibility index (Phi) is 4.74. The molecular formula is C15H20N4O2S. The molecule has 0 aromatic carbocycles. The van der Waals surface area contributed by atoms with E-state index in [1.54, 1.807) is 11.3 Å². The zero-order valence-corrected chi connectivity index (χ0v) is 13.5. The van der Waals surface area contributed by atoms with Crippen LogP contribution in [0.1, 0.15) is 16.0 Å². The highest BCUT2D eigenvalue weighted by atomic mass is 32.1. The molecule has 2 aliphatic rings. The number of morpholine rings is 1. The number of nitriles is 1. The molecule has 7 heteroatoms. The average molecular weight is 320 g/mol. The van der Waals surface area contributed by atoms with E-state index in [0.717, 1.165) is 38.2 Å². The Morgan fingerprint density at radius 1 is 1.41 bits per heavy atom. The van der Waals surface area contributed by atoms with E-state index in [1.807, 2.05) is 0 Å². The number of anilines is 1. The first-order valence-electron chi connectivity index (χ1n) is 7.50. The van der Waals surface area contributed by atoms with E-state index in [4.69, 9.17) is 4.74 Å². The van der Waals surface area contributed by atoms with Crippen molar-refractivity contribution in [1.82, 2.24) is 9.80 Å². The zero-order chi connectivity index (χ0) is 15.5. The lowest BCUT2D eigenvalue weighted by Crippen LogP contribution is -2.41. The van der Waals surface area contributed by atoms with E-state index in [0.29, 0.717) is 30.3 Å². The van der Waals surface area contributed by atoms with E-state index in [2.05, 4.69) is 28.2 Å². The molecule has 0 saturated carbocycles. The first kappa shape index (κ1) is 15.4. The van der Waals surface area contributed by atoms with Gasteiger partial charge in [0.15, 0.2) is 0 Å². The third-order valence-corrected chi connectivity index (χ3v) is 5.22. The van der Waals surface area contributed by atoms with Gasteiger partial charge in [-0.1, -0.05) is 0 Å². The van der Waals surface area contributed by atoms with E-state index in [-0.39, 0.29) is 5.91 Å². The van der Waals surface area contributed by atoms with Crippen molar-refractivity contribution >= 4 is 22.2 Å². The fourth-order valence-electron chi connectivity index (χ4n) is 2.87. The first-order valence-corrected chi connectivity index (χ1v) is 8.32. The number of hydrogen-bond acceptors (Lipinski definition) is 6. The number of likely N-dealkylation sites (N-methyl/N-ethyl adjacent to an activating group) is 1. The quantitative estimate of drug-likeness (QED) is 0.895. The Morgan fingerprint density at radius 3 is 2.91 bits per heavy atom. The summed E-state index contributed by atoms with van der Waals surface area (Å²) in [5, 5.41) is 13.1. The fourth-order valence-corrected chi connectivity index (χ4v) is 4.16. The maximum Gasteiger partial charge on any atom is 0.239 e. The lowest BCUT2D eigenvalue weighted by molar-refractivity contribution is -0.118. The fraction of sp³-hybridized carbons (Fsp3) is 0.600. The molecule has 6 nitrogen and oxygen atoms in total. The third-order valence-electron chi connectivity index (χ3n) is 4.08. The van der Waals surface area contributed by atoms with Gasteiger partial charge in [0.25, 0.3) is 0 Å². The molecule has 3 heterocycles. The van der Waals surface area contributed by atoms with Crippen LogP contribution in [0.4, 0.5) is 5.00 Å². The van der Waals surface area contributed by atoms with Crippen molar-refractivity contribution in [2.75, 3.05) is 51.8 Å². The number of hydrogen-bond donors (Lipinski definition) is 1. The molecule has 1 amide bonds. The Bertz CT molecular complexity index is 601. The molecule has 1 aromatic rings. The van der Waals surface area contributed by atoms with Crippen LogP contribution < -0.4 is 5.32 Å². The van der Waals surface area contributed by atoms with Gasteiger partial charge in [-0.25, -0.2) is 0 Å². The Balaban J connectivity index is 1.69. The van der Waals surface area contributed by atoms with Crippen molar-refractivity contribution in [2.24, 2.45) is 0 Å². The number of nitrogens with zero attached hydrogens (tertiary/aromatic N) is 3. The number of nitrogens with one attached hydrogen (secondary N) is 1. The van der Waals surface area contributed by atoms with Gasteiger partial charge in [-0.3, -0.25) is 9.69 Å². The van der Waals surface area contributed by atoms with E-state index in [1.165, 1.54) is 4.88 Å². The van der Waals surface area contributed by atoms with E-state index in [9.17, 15) is 10.1 Å². The van der Waals surface area contributed by atoms with Gasteiger partial charge in [-0.2, -0.15) is 5.26 Å². The summed E-state index contributed by atoms with van der Waals surface area (Å²) in [7, 11) is 2.07. The van der Waals surface area contributed by atoms with Crippen LogP contribution >= 0.6 is 11.3 Å². The van der Waals surface area contributed by atoms with Gasteiger partial charge in [0.1, 0.15) is 11.1 Å². The molecule has 0 radical (unpaired) electrons. The molecule has 3 rings (SSSR count). The first-order chi connectivity index (χ1) is 10.7. The molecule has 0 spiro atoms. The molecule has 1 fully saturated rings. The zero-order valence-electron chi connectivity index (χ0n) is 12.7. The molecule has 1 aromatic heterocycles. The molecule has 22 heavy (non-hydrogen) atoms. The van der Waals surface area contributed by atoms with Gasteiger partial charge in [0.2, 0.25) is 5.91 Å². The lowest BCUT2D eigenvalue weighted by Gasteiger charge is -2.25. The summed E-state index contributed by atoms with van der Waals surface area (Å²) in [4.78, 5) is 17.7. The van der Waals surface area contributed by atoms with Crippen LogP contribution in [-0.4, -0.2) is 62.1 Å². The molecule has 1 N–H and O–H groups in total. The third kappa shape index (κ3) is 3.31. The smallest absolute Gasteiger partial charge is 0.239 e. The minimum Gasteiger partial charge on any atom is -0.379 e. The van der Waals surface area contributed by atoms with Crippen molar-refractivity contribution in [3.63, 3.8) is 0 Å². The van der Waals surface area contributed by atoms with Crippen molar-refractivity contribution in [3.05, 3.63) is 16.0 Å². The highest BCUT2D eigenvalue weighted by Gasteiger charge is 2.24. The number of amides is 1. The summed E-state index contributed by atoms with van der Waals surface area (Å²) in [6.07, 6.45) is 0.880. The normalized spacial score (nSPS) is 19.5.